The summed E-state index contributed by atoms with van der Waals surface area (Å²) in [6.07, 6.45) is 0. The van der Waals surface area contributed by atoms with Crippen LogP contribution in [0.3, 0.4) is 0 Å². The molecule has 0 unspecified atom stereocenters. The lowest BCUT2D eigenvalue weighted by molar-refractivity contribution is 0.640. The van der Waals surface area contributed by atoms with Gasteiger partial charge in [-0.25, -0.2) is 8.78 Å². The van der Waals surface area contributed by atoms with Crippen molar-refractivity contribution in [2.45, 2.75) is 38.5 Å². The predicted octanol–water partition coefficient (Wildman–Crippen LogP) is 19.3. The molecular formula is C68H48F2N2. The first-order chi connectivity index (χ1) is 35.1. The highest BCUT2D eigenvalue weighted by Gasteiger charge is 2.40. The fourth-order valence-corrected chi connectivity index (χ4v) is 12.7. The Morgan fingerprint density at radius 2 is 0.625 bits per heavy atom. The van der Waals surface area contributed by atoms with Gasteiger partial charge < -0.3 is 9.80 Å². The van der Waals surface area contributed by atoms with Gasteiger partial charge >= 0.3 is 0 Å². The number of fused-ring (bicyclic) bond motifs is 13. The summed E-state index contributed by atoms with van der Waals surface area (Å²) < 4.78 is 35.6. The number of hydrogen-bond acceptors (Lipinski definition) is 2. The lowest BCUT2D eigenvalue weighted by atomic mass is 9.82. The van der Waals surface area contributed by atoms with Crippen LogP contribution in [0.4, 0.5) is 42.9 Å². The number of rotatable bonds is 6. The maximum Gasteiger partial charge on any atom is 0.155 e. The molecule has 14 rings (SSSR count). The quantitative estimate of drug-likeness (QED) is 0.153. The van der Waals surface area contributed by atoms with Crippen molar-refractivity contribution in [3.8, 4) is 22.3 Å². The molecular weight excluding hydrogens is 883 g/mol. The summed E-state index contributed by atoms with van der Waals surface area (Å²) in [5, 5.41) is 8.74. The predicted molar refractivity (Wildman–Crippen MR) is 298 cm³/mol. The molecule has 0 aromatic heterocycles. The van der Waals surface area contributed by atoms with E-state index in [2.05, 4.69) is 183 Å². The minimum atomic E-state index is -0.283. The van der Waals surface area contributed by atoms with E-state index in [4.69, 9.17) is 0 Å². The van der Waals surface area contributed by atoms with Crippen molar-refractivity contribution in [1.82, 2.24) is 0 Å². The van der Waals surface area contributed by atoms with Crippen LogP contribution in [0, 0.1) is 11.6 Å². The van der Waals surface area contributed by atoms with Crippen LogP contribution >= 0.6 is 0 Å². The van der Waals surface area contributed by atoms with Gasteiger partial charge in [0.15, 0.2) is 11.6 Å². The molecule has 0 radical (unpaired) electrons. The van der Waals surface area contributed by atoms with Crippen molar-refractivity contribution in [2.24, 2.45) is 0 Å². The van der Waals surface area contributed by atoms with Crippen molar-refractivity contribution in [3.05, 3.63) is 252 Å². The van der Waals surface area contributed by atoms with Crippen LogP contribution in [0.5, 0.6) is 0 Å². The number of anilines is 6. The molecule has 72 heavy (non-hydrogen) atoms. The Kier molecular flexibility index (Phi) is 9.07. The highest BCUT2D eigenvalue weighted by Crippen LogP contribution is 2.58. The molecule has 0 bridgehead atoms. The molecule has 0 spiro atoms. The summed E-state index contributed by atoms with van der Waals surface area (Å²) in [5.41, 5.74) is 13.3. The number of benzene rings is 12. The van der Waals surface area contributed by atoms with E-state index in [9.17, 15) is 0 Å². The standard InChI is InChI=1S/C68H48F2N2/c1-67(2)53-29-15-13-27-49(53)63-55(67)31-17-33-57(63)71(59-37-35-41-19-5-7-21-43(41)65(59)69)61-39-51-46-24-10-12-26-48(46)62(40-52(51)45-23-9-11-25-47(45)61)72(60-38-36-42-20-6-8-22-44(42)66(60)70)58-34-18-32-56-64(58)50-28-14-16-30-54(50)68(56,3)4/h5-40H,1-4H3. The third-order valence-electron chi connectivity index (χ3n) is 16.1. The summed E-state index contributed by atoms with van der Waals surface area (Å²) >= 11 is 0. The number of nitrogens with zero attached hydrogens (tertiary/aromatic N) is 2. The summed E-state index contributed by atoms with van der Waals surface area (Å²) in [7, 11) is 0. The Hall–Kier alpha value is -8.60. The van der Waals surface area contributed by atoms with Crippen LogP contribution < -0.4 is 9.80 Å². The fourth-order valence-electron chi connectivity index (χ4n) is 12.7. The average Bonchev–Trinajstić information content (AvgIpc) is 3.80. The van der Waals surface area contributed by atoms with Gasteiger partial charge in [0.2, 0.25) is 0 Å². The lowest BCUT2D eigenvalue weighted by Gasteiger charge is -2.32. The van der Waals surface area contributed by atoms with Crippen LogP contribution in [0.1, 0.15) is 49.9 Å². The second-order valence-electron chi connectivity index (χ2n) is 20.6. The Labute approximate surface area is 417 Å². The van der Waals surface area contributed by atoms with E-state index in [-0.39, 0.29) is 22.5 Å². The summed E-state index contributed by atoms with van der Waals surface area (Å²) in [5.74, 6) is -0.567. The summed E-state index contributed by atoms with van der Waals surface area (Å²) in [6.45, 7) is 9.14. The van der Waals surface area contributed by atoms with Crippen molar-refractivity contribution < 1.29 is 8.78 Å². The monoisotopic (exact) mass is 930 g/mol. The van der Waals surface area contributed by atoms with Crippen LogP contribution in [0.25, 0.3) is 76.1 Å². The minimum absolute atomic E-state index is 0.277. The lowest BCUT2D eigenvalue weighted by Crippen LogP contribution is -2.17. The van der Waals surface area contributed by atoms with E-state index >= 15 is 8.78 Å². The van der Waals surface area contributed by atoms with E-state index in [1.807, 2.05) is 72.8 Å². The van der Waals surface area contributed by atoms with E-state index < -0.39 is 0 Å². The van der Waals surface area contributed by atoms with Crippen LogP contribution in [-0.4, -0.2) is 0 Å². The molecule has 0 heterocycles. The zero-order chi connectivity index (χ0) is 48.6. The van der Waals surface area contributed by atoms with Gasteiger partial charge in [-0.15, -0.1) is 0 Å². The number of halogens is 2. The van der Waals surface area contributed by atoms with Crippen molar-refractivity contribution in [1.29, 1.82) is 0 Å². The molecule has 0 atom stereocenters. The Morgan fingerprint density at radius 1 is 0.278 bits per heavy atom. The first kappa shape index (κ1) is 42.3. The van der Waals surface area contributed by atoms with Gasteiger partial charge in [-0.3, -0.25) is 0 Å². The minimum Gasteiger partial charge on any atom is -0.306 e. The average molecular weight is 931 g/mol. The largest absolute Gasteiger partial charge is 0.306 e. The summed E-state index contributed by atoms with van der Waals surface area (Å²) in [4.78, 5) is 4.35. The zero-order valence-corrected chi connectivity index (χ0v) is 40.4. The second kappa shape index (κ2) is 15.4. The molecule has 2 aliphatic carbocycles. The van der Waals surface area contributed by atoms with Gasteiger partial charge in [-0.1, -0.05) is 210 Å². The van der Waals surface area contributed by atoms with E-state index in [1.54, 1.807) is 0 Å². The van der Waals surface area contributed by atoms with Gasteiger partial charge in [-0.2, -0.15) is 0 Å². The fraction of sp³-hybridized carbons (Fsp3) is 0.0882. The molecule has 12 aromatic carbocycles. The van der Waals surface area contributed by atoms with Crippen LogP contribution in [-0.2, 0) is 10.8 Å². The molecule has 2 aliphatic rings. The first-order valence-corrected chi connectivity index (χ1v) is 24.9. The molecule has 0 N–H and O–H groups in total. The second-order valence-corrected chi connectivity index (χ2v) is 20.6. The third-order valence-corrected chi connectivity index (χ3v) is 16.1. The van der Waals surface area contributed by atoms with Gasteiger partial charge in [0.05, 0.1) is 34.1 Å². The Bertz CT molecular complexity index is 4000. The topological polar surface area (TPSA) is 6.48 Å². The Morgan fingerprint density at radius 3 is 1.06 bits per heavy atom. The van der Waals surface area contributed by atoms with Gasteiger partial charge in [0, 0.05) is 43.5 Å². The molecule has 4 heteroatoms. The molecule has 0 aliphatic heterocycles. The van der Waals surface area contributed by atoms with Crippen LogP contribution in [0.15, 0.2) is 218 Å². The SMILES string of the molecule is CC1(C)c2ccccc2-c2c(N(c3ccc4ccccc4c3F)c3cc4c5ccccc5c(N(c5cccc6c5-c5ccccc5C6(C)C)c5ccc6ccccc6c5F)cc4c4ccccc34)cccc21. The third kappa shape index (κ3) is 5.87. The summed E-state index contributed by atoms with van der Waals surface area (Å²) in [6, 6.07) is 75.2. The highest BCUT2D eigenvalue weighted by atomic mass is 19.1. The van der Waals surface area contributed by atoms with E-state index in [0.29, 0.717) is 22.1 Å². The Balaban J connectivity index is 1.10. The molecule has 344 valence electrons. The van der Waals surface area contributed by atoms with Crippen molar-refractivity contribution in [2.75, 3.05) is 9.80 Å². The molecule has 12 aromatic rings. The molecule has 0 saturated carbocycles. The van der Waals surface area contributed by atoms with E-state index in [1.165, 1.54) is 22.3 Å². The molecule has 0 saturated heterocycles. The molecule has 0 fully saturated rings. The van der Waals surface area contributed by atoms with Crippen molar-refractivity contribution >= 4 is 88.0 Å². The molecule has 0 amide bonds. The van der Waals surface area contributed by atoms with Gasteiger partial charge in [0.1, 0.15) is 0 Å². The van der Waals surface area contributed by atoms with Crippen LogP contribution in [0.2, 0.25) is 0 Å². The number of hydrogen-bond donors (Lipinski definition) is 0. The maximum absolute atomic E-state index is 17.8. The zero-order valence-electron chi connectivity index (χ0n) is 40.4. The van der Waals surface area contributed by atoms with Crippen molar-refractivity contribution in [3.63, 3.8) is 0 Å². The van der Waals surface area contributed by atoms with Gasteiger partial charge in [-0.05, 0) is 102 Å². The van der Waals surface area contributed by atoms with E-state index in [0.717, 1.165) is 88.1 Å². The van der Waals surface area contributed by atoms with Gasteiger partial charge in [0.25, 0.3) is 0 Å². The smallest absolute Gasteiger partial charge is 0.155 e. The molecule has 2 nitrogen and oxygen atoms in total. The normalized spacial score (nSPS) is 13.9. The first-order valence-electron chi connectivity index (χ1n) is 24.9. The highest BCUT2D eigenvalue weighted by molar-refractivity contribution is 6.25. The maximum atomic E-state index is 17.8.